The number of halogens is 2. The van der Waals surface area contributed by atoms with E-state index in [0.717, 1.165) is 44.2 Å². The second kappa shape index (κ2) is 12.1. The Kier molecular flexibility index (Phi) is 10.1. The zero-order valence-corrected chi connectivity index (χ0v) is 20.3. The predicted molar refractivity (Wildman–Crippen MR) is 127 cm³/mol. The van der Waals surface area contributed by atoms with Crippen molar-refractivity contribution in [3.8, 4) is 0 Å². The van der Waals surface area contributed by atoms with E-state index in [-0.39, 0.29) is 42.0 Å². The molecule has 0 spiro atoms. The minimum Gasteiger partial charge on any atom is -0.367 e. The van der Waals surface area contributed by atoms with Crippen LogP contribution in [0.5, 0.6) is 0 Å². The van der Waals surface area contributed by atoms with Crippen molar-refractivity contribution in [3.63, 3.8) is 0 Å². The van der Waals surface area contributed by atoms with E-state index >= 15 is 0 Å². The van der Waals surface area contributed by atoms with Crippen LogP contribution in [0.3, 0.4) is 0 Å². The summed E-state index contributed by atoms with van der Waals surface area (Å²) in [6.07, 6.45) is 2.48. The van der Waals surface area contributed by atoms with Gasteiger partial charge in [0.05, 0.1) is 12.6 Å². The standard InChI is InChI=1S/C22H35FN4O.HI/c1-4-11-26-12-10-18(15-26)13-25-22(24-5-2)27-14-17(3)28-21(16-27)19-6-8-20(23)9-7-19;/h6-9,17-18,21H,4-5,10-16H2,1-3H3,(H,24,25);1H. The van der Waals surface area contributed by atoms with E-state index in [9.17, 15) is 4.39 Å². The molecule has 29 heavy (non-hydrogen) atoms. The fraction of sp³-hybridized carbons (Fsp3) is 0.682. The highest BCUT2D eigenvalue weighted by atomic mass is 127. The third-order valence-corrected chi connectivity index (χ3v) is 5.55. The quantitative estimate of drug-likeness (QED) is 0.353. The van der Waals surface area contributed by atoms with E-state index < -0.39 is 0 Å². The van der Waals surface area contributed by atoms with Gasteiger partial charge in [-0.05, 0) is 63.4 Å². The summed E-state index contributed by atoms with van der Waals surface area (Å²) in [6.45, 7) is 13.3. The van der Waals surface area contributed by atoms with Crippen molar-refractivity contribution in [3.05, 3.63) is 35.6 Å². The molecule has 0 amide bonds. The number of hydrogen-bond donors (Lipinski definition) is 1. The number of hydrogen-bond acceptors (Lipinski definition) is 3. The van der Waals surface area contributed by atoms with Gasteiger partial charge in [-0.1, -0.05) is 19.1 Å². The highest BCUT2D eigenvalue weighted by molar-refractivity contribution is 14.0. The first-order valence-electron chi connectivity index (χ1n) is 10.8. The summed E-state index contributed by atoms with van der Waals surface area (Å²) in [5.41, 5.74) is 1.01. The Hall–Kier alpha value is -0.930. The third kappa shape index (κ3) is 7.07. The zero-order valence-electron chi connectivity index (χ0n) is 17.9. The van der Waals surface area contributed by atoms with Gasteiger partial charge < -0.3 is 19.9 Å². The molecule has 1 N–H and O–H groups in total. The lowest BCUT2D eigenvalue weighted by Gasteiger charge is -2.39. The Morgan fingerprint density at radius 3 is 2.66 bits per heavy atom. The average molecular weight is 518 g/mol. The molecule has 3 unspecified atom stereocenters. The van der Waals surface area contributed by atoms with Gasteiger partial charge in [-0.25, -0.2) is 4.39 Å². The van der Waals surface area contributed by atoms with Crippen molar-refractivity contribution in [1.29, 1.82) is 0 Å². The highest BCUT2D eigenvalue weighted by Gasteiger charge is 2.29. The number of nitrogens with zero attached hydrogens (tertiary/aromatic N) is 3. The van der Waals surface area contributed by atoms with E-state index in [0.29, 0.717) is 5.92 Å². The normalized spacial score (nSPS) is 25.7. The van der Waals surface area contributed by atoms with Crippen LogP contribution >= 0.6 is 24.0 Å². The molecule has 0 bridgehead atoms. The van der Waals surface area contributed by atoms with Crippen molar-refractivity contribution < 1.29 is 9.13 Å². The van der Waals surface area contributed by atoms with Crippen LogP contribution < -0.4 is 5.32 Å². The van der Waals surface area contributed by atoms with Crippen molar-refractivity contribution in [1.82, 2.24) is 15.1 Å². The van der Waals surface area contributed by atoms with Gasteiger partial charge in [-0.3, -0.25) is 4.99 Å². The van der Waals surface area contributed by atoms with Crippen LogP contribution in [0.2, 0.25) is 0 Å². The summed E-state index contributed by atoms with van der Waals surface area (Å²) in [7, 11) is 0. The Bertz CT molecular complexity index is 642. The molecule has 0 radical (unpaired) electrons. The van der Waals surface area contributed by atoms with Crippen LogP contribution in [-0.4, -0.2) is 67.7 Å². The molecule has 2 heterocycles. The number of guanidine groups is 1. The van der Waals surface area contributed by atoms with Gasteiger partial charge in [-0.15, -0.1) is 24.0 Å². The summed E-state index contributed by atoms with van der Waals surface area (Å²) in [6, 6.07) is 6.65. The van der Waals surface area contributed by atoms with Gasteiger partial charge in [0.1, 0.15) is 11.9 Å². The maximum absolute atomic E-state index is 13.3. The molecule has 1 aromatic carbocycles. The zero-order chi connectivity index (χ0) is 19.9. The Labute approximate surface area is 192 Å². The molecule has 2 aliphatic rings. The topological polar surface area (TPSA) is 40.1 Å². The molecule has 164 valence electrons. The largest absolute Gasteiger partial charge is 0.367 e. The van der Waals surface area contributed by atoms with Gasteiger partial charge >= 0.3 is 0 Å². The molecule has 1 aromatic rings. The summed E-state index contributed by atoms with van der Waals surface area (Å²) in [5.74, 6) is 1.40. The van der Waals surface area contributed by atoms with Crippen molar-refractivity contribution in [2.24, 2.45) is 10.9 Å². The highest BCUT2D eigenvalue weighted by Crippen LogP contribution is 2.26. The number of ether oxygens (including phenoxy) is 1. The molecule has 0 saturated carbocycles. The lowest BCUT2D eigenvalue weighted by molar-refractivity contribution is -0.0605. The summed E-state index contributed by atoms with van der Waals surface area (Å²) < 4.78 is 19.4. The Morgan fingerprint density at radius 2 is 1.97 bits per heavy atom. The number of benzene rings is 1. The molecule has 0 aliphatic carbocycles. The lowest BCUT2D eigenvalue weighted by atomic mass is 10.1. The SMILES string of the molecule is CCCN1CCC(CN=C(NCC)N2CC(C)OC(c3ccc(F)cc3)C2)C1.I. The van der Waals surface area contributed by atoms with E-state index in [1.807, 2.05) is 12.1 Å². The number of likely N-dealkylation sites (tertiary alicyclic amines) is 1. The van der Waals surface area contributed by atoms with E-state index in [1.165, 1.54) is 38.1 Å². The third-order valence-electron chi connectivity index (χ3n) is 5.55. The fourth-order valence-corrected chi connectivity index (χ4v) is 4.21. The Balaban J connectivity index is 0.00000300. The van der Waals surface area contributed by atoms with E-state index in [1.54, 1.807) is 0 Å². The predicted octanol–water partition coefficient (Wildman–Crippen LogP) is 3.90. The molecule has 7 heteroatoms. The van der Waals surface area contributed by atoms with Gasteiger partial charge in [-0.2, -0.15) is 0 Å². The average Bonchev–Trinajstić information content (AvgIpc) is 3.13. The van der Waals surface area contributed by atoms with E-state index in [2.05, 4.69) is 35.9 Å². The molecular formula is C22H36FIN4O. The van der Waals surface area contributed by atoms with Gasteiger partial charge in [0.25, 0.3) is 0 Å². The monoisotopic (exact) mass is 518 g/mol. The first-order valence-corrected chi connectivity index (χ1v) is 10.8. The number of morpholine rings is 1. The molecule has 3 atom stereocenters. The van der Waals surface area contributed by atoms with Crippen molar-refractivity contribution >= 4 is 29.9 Å². The van der Waals surface area contributed by atoms with Gasteiger partial charge in [0, 0.05) is 26.2 Å². The molecule has 2 aliphatic heterocycles. The van der Waals surface area contributed by atoms with Crippen LogP contribution in [0.1, 0.15) is 45.3 Å². The van der Waals surface area contributed by atoms with Crippen molar-refractivity contribution in [2.45, 2.75) is 45.8 Å². The molecule has 0 aromatic heterocycles. The molecule has 2 saturated heterocycles. The maximum Gasteiger partial charge on any atom is 0.194 e. The summed E-state index contributed by atoms with van der Waals surface area (Å²) in [5, 5.41) is 3.46. The molecule has 5 nitrogen and oxygen atoms in total. The first kappa shape index (κ1) is 24.3. The second-order valence-corrected chi connectivity index (χ2v) is 8.04. The number of rotatable bonds is 6. The number of nitrogens with one attached hydrogen (secondary N) is 1. The van der Waals surface area contributed by atoms with Crippen LogP contribution in [-0.2, 0) is 4.74 Å². The van der Waals surface area contributed by atoms with Crippen LogP contribution in [0.25, 0.3) is 0 Å². The van der Waals surface area contributed by atoms with Crippen LogP contribution in [0, 0.1) is 11.7 Å². The molecular weight excluding hydrogens is 482 g/mol. The van der Waals surface area contributed by atoms with Gasteiger partial charge in [0.2, 0.25) is 0 Å². The second-order valence-electron chi connectivity index (χ2n) is 8.04. The van der Waals surface area contributed by atoms with Crippen LogP contribution in [0.4, 0.5) is 4.39 Å². The minimum absolute atomic E-state index is 0. The molecule has 3 rings (SSSR count). The lowest BCUT2D eigenvalue weighted by Crippen LogP contribution is -2.50. The fourth-order valence-electron chi connectivity index (χ4n) is 4.21. The van der Waals surface area contributed by atoms with Crippen LogP contribution in [0.15, 0.2) is 29.3 Å². The summed E-state index contributed by atoms with van der Waals surface area (Å²) >= 11 is 0. The first-order chi connectivity index (χ1) is 13.6. The van der Waals surface area contributed by atoms with E-state index in [4.69, 9.17) is 9.73 Å². The molecule has 2 fully saturated rings. The number of aliphatic imine (C=N–C) groups is 1. The van der Waals surface area contributed by atoms with Crippen molar-refractivity contribution in [2.75, 3.05) is 45.8 Å². The maximum atomic E-state index is 13.3. The Morgan fingerprint density at radius 1 is 1.21 bits per heavy atom. The summed E-state index contributed by atoms with van der Waals surface area (Å²) in [4.78, 5) is 9.83. The van der Waals surface area contributed by atoms with Gasteiger partial charge in [0.15, 0.2) is 5.96 Å². The smallest absolute Gasteiger partial charge is 0.194 e. The minimum atomic E-state index is -0.215.